The summed E-state index contributed by atoms with van der Waals surface area (Å²) < 4.78 is 18.9. The molecule has 0 fully saturated rings. The van der Waals surface area contributed by atoms with Gasteiger partial charge in [0.15, 0.2) is 5.82 Å². The molecule has 0 aliphatic heterocycles. The molecule has 1 aromatic carbocycles. The number of nitrogens with one attached hydrogen (secondary N) is 2. The molecule has 0 aromatic heterocycles. The molecule has 1 aromatic rings. The van der Waals surface area contributed by atoms with Crippen LogP contribution in [0.2, 0.25) is 0 Å². The lowest BCUT2D eigenvalue weighted by Crippen LogP contribution is -2.31. The summed E-state index contributed by atoms with van der Waals surface area (Å²) in [7, 11) is 0. The Morgan fingerprint density at radius 3 is 2.57 bits per heavy atom. The van der Waals surface area contributed by atoms with Crippen LogP contribution in [0.25, 0.3) is 0 Å². The van der Waals surface area contributed by atoms with Crippen LogP contribution in [-0.2, 0) is 9.53 Å². The van der Waals surface area contributed by atoms with E-state index in [1.165, 1.54) is 12.1 Å². The van der Waals surface area contributed by atoms with Gasteiger partial charge in [-0.15, -0.1) is 0 Å². The van der Waals surface area contributed by atoms with Crippen LogP contribution in [0.5, 0.6) is 0 Å². The lowest BCUT2D eigenvalue weighted by atomic mass is 10.1. The van der Waals surface area contributed by atoms with E-state index < -0.39 is 28.4 Å². The number of halogens is 1. The molecule has 0 unspecified atom stereocenters. The lowest BCUT2D eigenvalue weighted by molar-refractivity contribution is -0.385. The molecule has 0 aliphatic carbocycles. The Balaban J connectivity index is 2.66. The van der Waals surface area contributed by atoms with Gasteiger partial charge in [0, 0.05) is 18.5 Å². The third-order valence-corrected chi connectivity index (χ3v) is 2.72. The number of rotatable bonds is 6. The number of non-ortho nitro benzene ring substituents is 1. The van der Waals surface area contributed by atoms with Crippen molar-refractivity contribution in [3.05, 3.63) is 34.1 Å². The highest BCUT2D eigenvalue weighted by Gasteiger charge is 2.22. The molecule has 8 heteroatoms. The highest BCUT2D eigenvalue weighted by Crippen LogP contribution is 2.21. The van der Waals surface area contributed by atoms with Gasteiger partial charge in [0.1, 0.15) is 11.3 Å². The molecule has 0 amide bonds. The summed E-state index contributed by atoms with van der Waals surface area (Å²) in [6, 6.07) is 2.82. The fourth-order valence-electron chi connectivity index (χ4n) is 1.78. The molecular formula is C15H20FN3O4. The number of hydrogen-bond donors (Lipinski definition) is 2. The van der Waals surface area contributed by atoms with E-state index in [0.29, 0.717) is 0 Å². The zero-order chi connectivity index (χ0) is 17.8. The summed E-state index contributed by atoms with van der Waals surface area (Å²) in [5, 5.41) is 21.1. The second-order valence-corrected chi connectivity index (χ2v) is 6.15. The Morgan fingerprint density at radius 1 is 1.48 bits per heavy atom. The van der Waals surface area contributed by atoms with Gasteiger partial charge in [-0.3, -0.25) is 15.5 Å². The van der Waals surface area contributed by atoms with Crippen LogP contribution in [0.3, 0.4) is 0 Å². The van der Waals surface area contributed by atoms with Crippen molar-refractivity contribution in [1.82, 2.24) is 0 Å². The summed E-state index contributed by atoms with van der Waals surface area (Å²) >= 11 is 0. The van der Waals surface area contributed by atoms with Gasteiger partial charge in [-0.25, -0.2) is 9.18 Å². The fourth-order valence-corrected chi connectivity index (χ4v) is 1.78. The molecule has 7 nitrogen and oxygen atoms in total. The predicted octanol–water partition coefficient (Wildman–Crippen LogP) is 3.29. The van der Waals surface area contributed by atoms with Crippen molar-refractivity contribution in [2.45, 2.75) is 45.8 Å². The Morgan fingerprint density at radius 2 is 2.09 bits per heavy atom. The highest BCUT2D eigenvalue weighted by atomic mass is 19.1. The van der Waals surface area contributed by atoms with Crippen molar-refractivity contribution in [2.24, 2.45) is 0 Å². The summed E-state index contributed by atoms with van der Waals surface area (Å²) in [6.45, 7) is 6.77. The molecule has 0 saturated heterocycles. The summed E-state index contributed by atoms with van der Waals surface area (Å²) in [5.74, 6) is -1.50. The summed E-state index contributed by atoms with van der Waals surface area (Å²) in [6.07, 6.45) is 0.0331. The molecule has 23 heavy (non-hydrogen) atoms. The van der Waals surface area contributed by atoms with E-state index in [1.54, 1.807) is 27.7 Å². The normalized spacial score (nSPS) is 12.4. The maximum atomic E-state index is 13.8. The van der Waals surface area contributed by atoms with E-state index in [4.69, 9.17) is 10.1 Å². The second-order valence-electron chi connectivity index (χ2n) is 6.15. The van der Waals surface area contributed by atoms with Crippen LogP contribution < -0.4 is 5.32 Å². The van der Waals surface area contributed by atoms with E-state index in [-0.39, 0.29) is 23.5 Å². The first-order valence-electron chi connectivity index (χ1n) is 7.01. The smallest absolute Gasteiger partial charge is 0.352 e. The van der Waals surface area contributed by atoms with Crippen LogP contribution in [0.1, 0.15) is 34.1 Å². The minimum Gasteiger partial charge on any atom is -0.456 e. The van der Waals surface area contributed by atoms with Crippen molar-refractivity contribution in [3.8, 4) is 0 Å². The van der Waals surface area contributed by atoms with E-state index in [1.807, 2.05) is 0 Å². The topological polar surface area (TPSA) is 105 Å². The number of carbonyl (C=O) groups excluding carboxylic acids is 1. The zero-order valence-electron chi connectivity index (χ0n) is 13.5. The van der Waals surface area contributed by atoms with Gasteiger partial charge in [-0.05, 0) is 33.8 Å². The van der Waals surface area contributed by atoms with E-state index in [2.05, 4.69) is 5.32 Å². The Bertz CT molecular complexity index is 626. The van der Waals surface area contributed by atoms with Crippen molar-refractivity contribution in [2.75, 3.05) is 5.32 Å². The van der Waals surface area contributed by atoms with Gasteiger partial charge >= 0.3 is 5.97 Å². The quantitative estimate of drug-likeness (QED) is 0.361. The lowest BCUT2D eigenvalue weighted by Gasteiger charge is -2.21. The minimum atomic E-state index is -0.769. The summed E-state index contributed by atoms with van der Waals surface area (Å²) in [4.78, 5) is 21.6. The van der Waals surface area contributed by atoms with Crippen molar-refractivity contribution >= 4 is 23.1 Å². The third-order valence-electron chi connectivity index (χ3n) is 2.72. The van der Waals surface area contributed by atoms with Gasteiger partial charge in [-0.1, -0.05) is 0 Å². The standard InChI is InChI=1S/C15H20FN3O4/c1-9(7-12(17)14(20)23-15(2,3)4)18-13-6-5-10(19(21)22)8-11(13)16/h5-6,8-9,17-18H,7H2,1-4H3/t9-/m1/s1. The van der Waals surface area contributed by atoms with Gasteiger partial charge < -0.3 is 10.1 Å². The van der Waals surface area contributed by atoms with Crippen LogP contribution in [-0.4, -0.2) is 28.2 Å². The highest BCUT2D eigenvalue weighted by molar-refractivity contribution is 6.35. The molecule has 0 heterocycles. The molecule has 1 rings (SSSR count). The van der Waals surface area contributed by atoms with Gasteiger partial charge in [0.25, 0.3) is 5.69 Å². The number of hydrogen-bond acceptors (Lipinski definition) is 6. The number of benzene rings is 1. The number of anilines is 1. The van der Waals surface area contributed by atoms with Gasteiger partial charge in [-0.2, -0.15) is 0 Å². The monoisotopic (exact) mass is 325 g/mol. The molecular weight excluding hydrogens is 305 g/mol. The minimum absolute atomic E-state index is 0.0331. The van der Waals surface area contributed by atoms with Crippen molar-refractivity contribution < 1.29 is 18.8 Å². The molecule has 0 radical (unpaired) electrons. The van der Waals surface area contributed by atoms with Gasteiger partial charge in [0.2, 0.25) is 0 Å². The first-order valence-corrected chi connectivity index (χ1v) is 7.01. The maximum absolute atomic E-state index is 13.8. The number of nitro groups is 1. The summed E-state index contributed by atoms with van der Waals surface area (Å²) in [5.41, 5.74) is -1.20. The fraction of sp³-hybridized carbons (Fsp3) is 0.467. The van der Waals surface area contributed by atoms with Crippen LogP contribution in [0.4, 0.5) is 15.8 Å². The molecule has 0 spiro atoms. The molecule has 2 N–H and O–H groups in total. The first kappa shape index (κ1) is 18.5. The van der Waals surface area contributed by atoms with Crippen LogP contribution >= 0.6 is 0 Å². The van der Waals surface area contributed by atoms with Crippen molar-refractivity contribution in [3.63, 3.8) is 0 Å². The predicted molar refractivity (Wildman–Crippen MR) is 84.3 cm³/mol. The SMILES string of the molecule is C[C@H](CC(=N)C(=O)OC(C)(C)C)Nc1ccc([N+](=O)[O-])cc1F. The average molecular weight is 325 g/mol. The average Bonchev–Trinajstić information content (AvgIpc) is 2.38. The molecule has 0 bridgehead atoms. The number of esters is 1. The molecule has 126 valence electrons. The molecule has 1 atom stereocenters. The Labute approximate surface area is 133 Å². The van der Waals surface area contributed by atoms with Crippen LogP contribution in [0, 0.1) is 21.3 Å². The molecule has 0 aliphatic rings. The third kappa shape index (κ3) is 6.01. The number of nitrogens with zero attached hydrogens (tertiary/aromatic N) is 1. The maximum Gasteiger partial charge on any atom is 0.352 e. The number of nitro benzene ring substituents is 1. The zero-order valence-corrected chi connectivity index (χ0v) is 13.5. The van der Waals surface area contributed by atoms with E-state index >= 15 is 0 Å². The molecule has 0 saturated carbocycles. The van der Waals surface area contributed by atoms with E-state index in [9.17, 15) is 19.3 Å². The largest absolute Gasteiger partial charge is 0.456 e. The number of ether oxygens (including phenoxy) is 1. The first-order chi connectivity index (χ1) is 10.5. The second kappa shape index (κ2) is 7.17. The van der Waals surface area contributed by atoms with Crippen LogP contribution in [0.15, 0.2) is 18.2 Å². The van der Waals surface area contributed by atoms with Crippen molar-refractivity contribution in [1.29, 1.82) is 5.41 Å². The van der Waals surface area contributed by atoms with E-state index in [0.717, 1.165) is 6.07 Å². The van der Waals surface area contributed by atoms with Gasteiger partial charge in [0.05, 0.1) is 16.7 Å². The Hall–Kier alpha value is -2.51. The Kier molecular flexibility index (Phi) is 5.78. The number of carbonyl (C=O) groups is 1.